The van der Waals surface area contributed by atoms with Crippen LogP contribution < -0.4 is 10.6 Å². The molecule has 0 bridgehead atoms. The Labute approximate surface area is 160 Å². The van der Waals surface area contributed by atoms with E-state index >= 15 is 0 Å². The zero-order chi connectivity index (χ0) is 17.8. The number of methoxy groups -OCH3 is 1. The molecule has 2 aromatic heterocycles. The number of nitrogens with one attached hydrogen (secondary N) is 2. The first-order valence-electron chi connectivity index (χ1n) is 8.37. The van der Waals surface area contributed by atoms with Gasteiger partial charge in [-0.1, -0.05) is 18.2 Å². The molecule has 0 aliphatic carbocycles. The molecule has 1 aromatic carbocycles. The molecule has 4 rings (SSSR count). The molecule has 134 valence electrons. The number of guanidine groups is 1. The number of anilines is 1. The van der Waals surface area contributed by atoms with Crippen LogP contribution in [0.2, 0.25) is 0 Å². The molecular formula is C18H19N5OS2. The first-order chi connectivity index (χ1) is 12.8. The van der Waals surface area contributed by atoms with Crippen molar-refractivity contribution >= 4 is 33.8 Å². The second-order valence-corrected chi connectivity index (χ2v) is 7.56. The van der Waals surface area contributed by atoms with Gasteiger partial charge in [-0.15, -0.1) is 22.7 Å². The number of hydrogen-bond donors (Lipinski definition) is 2. The molecule has 0 saturated heterocycles. The molecule has 0 saturated carbocycles. The van der Waals surface area contributed by atoms with Crippen molar-refractivity contribution in [2.75, 3.05) is 25.5 Å². The lowest BCUT2D eigenvalue weighted by Gasteiger charge is -2.13. The summed E-state index contributed by atoms with van der Waals surface area (Å²) >= 11 is 3.18. The van der Waals surface area contributed by atoms with Crippen LogP contribution in [-0.4, -0.2) is 36.1 Å². The second-order valence-electron chi connectivity index (χ2n) is 5.84. The van der Waals surface area contributed by atoms with Crippen LogP contribution in [0.25, 0.3) is 22.0 Å². The molecule has 8 heteroatoms. The molecule has 1 aliphatic heterocycles. The topological polar surface area (TPSA) is 71.4 Å². The van der Waals surface area contributed by atoms with Crippen LogP contribution in [0.1, 0.15) is 12.0 Å². The molecule has 1 aliphatic rings. The SMILES string of the molecule is COCc1cccc(-c2nc(-c3csc(NC4=NCCCN4)n3)cs2)c1. The van der Waals surface area contributed by atoms with Gasteiger partial charge in [0.15, 0.2) is 11.1 Å². The van der Waals surface area contributed by atoms with Gasteiger partial charge in [0.2, 0.25) is 0 Å². The van der Waals surface area contributed by atoms with E-state index in [1.54, 1.807) is 29.8 Å². The van der Waals surface area contributed by atoms with Crippen LogP contribution >= 0.6 is 22.7 Å². The van der Waals surface area contributed by atoms with Crippen LogP contribution in [0.3, 0.4) is 0 Å². The molecular weight excluding hydrogens is 366 g/mol. The Kier molecular flexibility index (Phi) is 5.24. The van der Waals surface area contributed by atoms with Gasteiger partial charge >= 0.3 is 0 Å². The molecule has 0 spiro atoms. The summed E-state index contributed by atoms with van der Waals surface area (Å²) in [6.07, 6.45) is 1.07. The minimum Gasteiger partial charge on any atom is -0.380 e. The van der Waals surface area contributed by atoms with Crippen LogP contribution in [0.4, 0.5) is 5.13 Å². The fourth-order valence-corrected chi connectivity index (χ4v) is 4.17. The third kappa shape index (κ3) is 3.92. The Morgan fingerprint density at radius 1 is 1.19 bits per heavy atom. The third-order valence-electron chi connectivity index (χ3n) is 3.88. The second kappa shape index (κ2) is 7.94. The molecule has 2 N–H and O–H groups in total. The summed E-state index contributed by atoms with van der Waals surface area (Å²) in [5.41, 5.74) is 4.02. The monoisotopic (exact) mass is 385 g/mol. The summed E-state index contributed by atoms with van der Waals surface area (Å²) in [6, 6.07) is 8.28. The molecule has 3 heterocycles. The van der Waals surface area contributed by atoms with E-state index in [0.717, 1.165) is 58.1 Å². The number of benzene rings is 1. The fraction of sp³-hybridized carbons (Fsp3) is 0.278. The van der Waals surface area contributed by atoms with E-state index in [9.17, 15) is 0 Å². The highest BCUT2D eigenvalue weighted by Gasteiger charge is 2.12. The van der Waals surface area contributed by atoms with Gasteiger partial charge < -0.3 is 15.4 Å². The van der Waals surface area contributed by atoms with Crippen LogP contribution in [-0.2, 0) is 11.3 Å². The zero-order valence-corrected chi connectivity index (χ0v) is 16.0. The molecule has 6 nitrogen and oxygen atoms in total. The highest BCUT2D eigenvalue weighted by Crippen LogP contribution is 2.31. The number of aromatic nitrogens is 2. The molecule has 0 amide bonds. The Hall–Kier alpha value is -2.29. The first kappa shape index (κ1) is 17.1. The lowest BCUT2D eigenvalue weighted by Crippen LogP contribution is -2.35. The number of thiazole rings is 2. The summed E-state index contributed by atoms with van der Waals surface area (Å²) in [6.45, 7) is 2.40. The normalized spacial score (nSPS) is 14.0. The minimum atomic E-state index is 0.602. The number of nitrogens with zero attached hydrogens (tertiary/aromatic N) is 3. The van der Waals surface area contributed by atoms with Gasteiger partial charge in [-0.2, -0.15) is 0 Å². The highest BCUT2D eigenvalue weighted by molar-refractivity contribution is 7.14. The van der Waals surface area contributed by atoms with Gasteiger partial charge in [-0.05, 0) is 18.1 Å². The zero-order valence-electron chi connectivity index (χ0n) is 14.4. The smallest absolute Gasteiger partial charge is 0.197 e. The molecule has 3 aromatic rings. The summed E-state index contributed by atoms with van der Waals surface area (Å²) in [5, 5.41) is 12.4. The van der Waals surface area contributed by atoms with E-state index < -0.39 is 0 Å². The number of ether oxygens (including phenoxy) is 1. The van der Waals surface area contributed by atoms with Crippen LogP contribution in [0.15, 0.2) is 40.0 Å². The molecule has 0 radical (unpaired) electrons. The largest absolute Gasteiger partial charge is 0.380 e. The molecule has 26 heavy (non-hydrogen) atoms. The van der Waals surface area contributed by atoms with E-state index in [1.807, 2.05) is 16.8 Å². The third-order valence-corrected chi connectivity index (χ3v) is 5.53. The Bertz CT molecular complexity index is 918. The lowest BCUT2D eigenvalue weighted by atomic mass is 10.1. The standard InChI is InChI=1S/C18H19N5OS2/c1-24-9-12-4-2-5-13(8-12)16-21-14(10-25-16)15-11-26-18(22-15)23-17-19-6-3-7-20-17/h2,4-5,8,10-11H,3,6-7,9H2,1H3,(H2,19,20,22,23). The highest BCUT2D eigenvalue weighted by atomic mass is 32.1. The number of rotatable bonds is 5. The van der Waals surface area contributed by atoms with Gasteiger partial charge in [-0.3, -0.25) is 4.99 Å². The quantitative estimate of drug-likeness (QED) is 0.698. The predicted octanol–water partition coefficient (Wildman–Crippen LogP) is 3.84. The van der Waals surface area contributed by atoms with E-state index in [2.05, 4.69) is 38.8 Å². The van der Waals surface area contributed by atoms with Crippen molar-refractivity contribution in [1.29, 1.82) is 0 Å². The van der Waals surface area contributed by atoms with E-state index in [1.165, 1.54) is 0 Å². The molecule has 0 fully saturated rings. The van der Waals surface area contributed by atoms with Crippen molar-refractivity contribution in [3.8, 4) is 22.0 Å². The maximum Gasteiger partial charge on any atom is 0.197 e. The predicted molar refractivity (Wildman–Crippen MR) is 108 cm³/mol. The van der Waals surface area contributed by atoms with E-state index in [-0.39, 0.29) is 0 Å². The fourth-order valence-electron chi connectivity index (χ4n) is 2.65. The Balaban J connectivity index is 1.51. The number of aliphatic imine (C=N–C) groups is 1. The summed E-state index contributed by atoms with van der Waals surface area (Å²) in [5.74, 6) is 0.797. The minimum absolute atomic E-state index is 0.602. The van der Waals surface area contributed by atoms with Crippen molar-refractivity contribution in [3.63, 3.8) is 0 Å². The van der Waals surface area contributed by atoms with Crippen molar-refractivity contribution in [1.82, 2.24) is 15.3 Å². The van der Waals surface area contributed by atoms with Crippen molar-refractivity contribution in [3.05, 3.63) is 40.6 Å². The first-order valence-corrected chi connectivity index (χ1v) is 10.1. The Morgan fingerprint density at radius 3 is 2.92 bits per heavy atom. The molecule has 0 atom stereocenters. The maximum atomic E-state index is 5.21. The average molecular weight is 386 g/mol. The summed E-state index contributed by atoms with van der Waals surface area (Å²) in [7, 11) is 1.70. The van der Waals surface area contributed by atoms with E-state index in [4.69, 9.17) is 9.72 Å². The average Bonchev–Trinajstić information content (AvgIpc) is 3.33. The van der Waals surface area contributed by atoms with Gasteiger partial charge in [-0.25, -0.2) is 9.97 Å². The van der Waals surface area contributed by atoms with Crippen LogP contribution in [0, 0.1) is 0 Å². The van der Waals surface area contributed by atoms with Crippen molar-refractivity contribution in [2.24, 2.45) is 4.99 Å². The van der Waals surface area contributed by atoms with Crippen molar-refractivity contribution in [2.45, 2.75) is 13.0 Å². The van der Waals surface area contributed by atoms with Gasteiger partial charge in [0.1, 0.15) is 16.4 Å². The van der Waals surface area contributed by atoms with Gasteiger partial charge in [0.05, 0.1) is 6.61 Å². The maximum absolute atomic E-state index is 5.21. The van der Waals surface area contributed by atoms with Gasteiger partial charge in [0.25, 0.3) is 0 Å². The molecule has 0 unspecified atom stereocenters. The summed E-state index contributed by atoms with van der Waals surface area (Å²) < 4.78 is 5.21. The summed E-state index contributed by atoms with van der Waals surface area (Å²) in [4.78, 5) is 13.8. The lowest BCUT2D eigenvalue weighted by molar-refractivity contribution is 0.185. The van der Waals surface area contributed by atoms with Crippen LogP contribution in [0.5, 0.6) is 0 Å². The Morgan fingerprint density at radius 2 is 2.08 bits per heavy atom. The number of hydrogen-bond acceptors (Lipinski definition) is 8. The van der Waals surface area contributed by atoms with Crippen molar-refractivity contribution < 1.29 is 4.74 Å². The van der Waals surface area contributed by atoms with Gasteiger partial charge in [0, 0.05) is 36.5 Å². The van der Waals surface area contributed by atoms with E-state index in [0.29, 0.717) is 6.61 Å².